The van der Waals surface area contributed by atoms with Crippen molar-refractivity contribution in [3.05, 3.63) is 35.9 Å². The fraction of sp³-hybridized carbons (Fsp3) is 0.286. The Hall–Kier alpha value is -2.70. The van der Waals surface area contributed by atoms with Gasteiger partial charge in [-0.2, -0.15) is 0 Å². The van der Waals surface area contributed by atoms with E-state index in [4.69, 9.17) is 0 Å². The van der Waals surface area contributed by atoms with E-state index in [1.807, 2.05) is 37.3 Å². The zero-order chi connectivity index (χ0) is 15.7. The molecule has 1 aromatic rings. The summed E-state index contributed by atoms with van der Waals surface area (Å²) in [5.41, 5.74) is 0.934. The molecule has 1 aromatic carbocycles. The first-order valence-corrected chi connectivity index (χ1v) is 6.37. The Bertz CT molecular complexity index is 516. The summed E-state index contributed by atoms with van der Waals surface area (Å²) >= 11 is 0. The number of rotatable bonds is 8. The highest BCUT2D eigenvalue weighted by Crippen LogP contribution is 2.10. The minimum atomic E-state index is -0.910. The molecular weight excluding hydrogens is 274 g/mol. The molecular formula is C14H17N3O4. The molecule has 112 valence electrons. The first-order chi connectivity index (χ1) is 10.0. The van der Waals surface area contributed by atoms with Crippen LogP contribution in [0.3, 0.4) is 0 Å². The SMILES string of the molecule is C[C@@H](NC(=O)CNC(=O)C(=O)CNC=O)c1ccccc1. The van der Waals surface area contributed by atoms with Crippen LogP contribution in [-0.4, -0.2) is 37.1 Å². The fourth-order valence-corrected chi connectivity index (χ4v) is 1.59. The van der Waals surface area contributed by atoms with Gasteiger partial charge >= 0.3 is 0 Å². The van der Waals surface area contributed by atoms with Gasteiger partial charge in [-0.1, -0.05) is 30.3 Å². The molecule has 0 saturated carbocycles. The van der Waals surface area contributed by atoms with Gasteiger partial charge in [0.15, 0.2) is 0 Å². The number of hydrogen-bond donors (Lipinski definition) is 3. The Morgan fingerprint density at radius 2 is 1.81 bits per heavy atom. The lowest BCUT2D eigenvalue weighted by molar-refractivity contribution is -0.138. The molecule has 3 N–H and O–H groups in total. The van der Waals surface area contributed by atoms with E-state index in [1.54, 1.807) is 0 Å². The summed E-state index contributed by atoms with van der Waals surface area (Å²) in [6.07, 6.45) is 0.319. The van der Waals surface area contributed by atoms with Crippen molar-refractivity contribution in [3.8, 4) is 0 Å². The van der Waals surface area contributed by atoms with Crippen LogP contribution >= 0.6 is 0 Å². The third kappa shape index (κ3) is 5.85. The Kier molecular flexibility index (Phi) is 6.59. The first-order valence-electron chi connectivity index (χ1n) is 6.37. The topological polar surface area (TPSA) is 104 Å². The summed E-state index contributed by atoms with van der Waals surface area (Å²) in [6, 6.07) is 9.13. The Morgan fingerprint density at radius 1 is 1.14 bits per heavy atom. The molecule has 21 heavy (non-hydrogen) atoms. The molecule has 0 spiro atoms. The van der Waals surface area contributed by atoms with E-state index in [0.717, 1.165) is 5.56 Å². The van der Waals surface area contributed by atoms with Gasteiger partial charge in [-0.3, -0.25) is 19.2 Å². The molecule has 0 bridgehead atoms. The molecule has 0 heterocycles. The van der Waals surface area contributed by atoms with E-state index in [1.165, 1.54) is 0 Å². The van der Waals surface area contributed by atoms with E-state index < -0.39 is 24.1 Å². The predicted octanol–water partition coefficient (Wildman–Crippen LogP) is -0.705. The third-order valence-electron chi connectivity index (χ3n) is 2.69. The highest BCUT2D eigenvalue weighted by Gasteiger charge is 2.15. The van der Waals surface area contributed by atoms with Crippen LogP contribution < -0.4 is 16.0 Å². The van der Waals surface area contributed by atoms with Crippen molar-refractivity contribution in [2.45, 2.75) is 13.0 Å². The van der Waals surface area contributed by atoms with Crippen LogP contribution in [0, 0.1) is 0 Å². The zero-order valence-electron chi connectivity index (χ0n) is 11.6. The second-order valence-electron chi connectivity index (χ2n) is 4.30. The maximum absolute atomic E-state index is 11.7. The highest BCUT2D eigenvalue weighted by atomic mass is 16.2. The van der Waals surface area contributed by atoms with Crippen LogP contribution in [-0.2, 0) is 19.2 Å². The van der Waals surface area contributed by atoms with Crippen molar-refractivity contribution in [3.63, 3.8) is 0 Å². The van der Waals surface area contributed by atoms with E-state index in [9.17, 15) is 19.2 Å². The predicted molar refractivity (Wildman–Crippen MR) is 75.1 cm³/mol. The summed E-state index contributed by atoms with van der Waals surface area (Å²) in [4.78, 5) is 44.2. The molecule has 0 radical (unpaired) electrons. The van der Waals surface area contributed by atoms with Gasteiger partial charge in [-0.25, -0.2) is 0 Å². The van der Waals surface area contributed by atoms with Crippen molar-refractivity contribution >= 4 is 24.0 Å². The number of Topliss-reactive ketones (excluding diaryl/α,β-unsaturated/α-hetero) is 1. The molecule has 0 aliphatic rings. The Labute approximate surface area is 122 Å². The summed E-state index contributed by atoms with van der Waals surface area (Å²) in [6.45, 7) is 1.12. The van der Waals surface area contributed by atoms with E-state index in [2.05, 4.69) is 16.0 Å². The number of nitrogens with one attached hydrogen (secondary N) is 3. The second-order valence-corrected chi connectivity index (χ2v) is 4.30. The van der Waals surface area contributed by atoms with Crippen LogP contribution in [0.5, 0.6) is 0 Å². The fourth-order valence-electron chi connectivity index (χ4n) is 1.59. The van der Waals surface area contributed by atoms with Crippen molar-refractivity contribution in [1.29, 1.82) is 0 Å². The summed E-state index contributed by atoms with van der Waals surface area (Å²) < 4.78 is 0. The molecule has 7 heteroatoms. The van der Waals surface area contributed by atoms with Gasteiger partial charge in [0.05, 0.1) is 19.1 Å². The van der Waals surface area contributed by atoms with Crippen LogP contribution in [0.2, 0.25) is 0 Å². The van der Waals surface area contributed by atoms with Crippen LogP contribution in [0.15, 0.2) is 30.3 Å². The molecule has 1 rings (SSSR count). The highest BCUT2D eigenvalue weighted by molar-refractivity contribution is 6.37. The minimum absolute atomic E-state index is 0.206. The summed E-state index contributed by atoms with van der Waals surface area (Å²) in [7, 11) is 0. The Balaban J connectivity index is 2.35. The second kappa shape index (κ2) is 8.47. The normalized spacial score (nSPS) is 11.1. The summed E-state index contributed by atoms with van der Waals surface area (Å²) in [5, 5.41) is 6.97. The number of benzene rings is 1. The molecule has 0 aliphatic carbocycles. The van der Waals surface area contributed by atoms with Crippen LogP contribution in [0.25, 0.3) is 0 Å². The minimum Gasteiger partial charge on any atom is -0.351 e. The van der Waals surface area contributed by atoms with Crippen molar-refractivity contribution in [2.75, 3.05) is 13.1 Å². The number of amides is 3. The van der Waals surface area contributed by atoms with Gasteiger partial charge in [-0.05, 0) is 12.5 Å². The number of carbonyl (C=O) groups excluding carboxylic acids is 4. The molecule has 0 aromatic heterocycles. The van der Waals surface area contributed by atoms with Gasteiger partial charge in [0.2, 0.25) is 18.1 Å². The van der Waals surface area contributed by atoms with Gasteiger partial charge in [0.25, 0.3) is 5.91 Å². The first kappa shape index (κ1) is 16.4. The maximum atomic E-state index is 11.7. The summed E-state index contributed by atoms with van der Waals surface area (Å²) in [5.74, 6) is -2.13. The average Bonchev–Trinajstić information content (AvgIpc) is 2.50. The number of carbonyl (C=O) groups is 4. The van der Waals surface area contributed by atoms with Crippen molar-refractivity contribution in [2.24, 2.45) is 0 Å². The third-order valence-corrected chi connectivity index (χ3v) is 2.69. The number of ketones is 1. The number of hydrogen-bond acceptors (Lipinski definition) is 4. The van der Waals surface area contributed by atoms with Gasteiger partial charge in [-0.15, -0.1) is 0 Å². The van der Waals surface area contributed by atoms with E-state index in [0.29, 0.717) is 6.41 Å². The van der Waals surface area contributed by atoms with Gasteiger partial charge in [0, 0.05) is 0 Å². The maximum Gasteiger partial charge on any atom is 0.289 e. The Morgan fingerprint density at radius 3 is 2.43 bits per heavy atom. The van der Waals surface area contributed by atoms with Crippen LogP contribution in [0.4, 0.5) is 0 Å². The largest absolute Gasteiger partial charge is 0.351 e. The van der Waals surface area contributed by atoms with Crippen LogP contribution in [0.1, 0.15) is 18.5 Å². The molecule has 0 unspecified atom stereocenters. The smallest absolute Gasteiger partial charge is 0.289 e. The molecule has 3 amide bonds. The zero-order valence-corrected chi connectivity index (χ0v) is 11.6. The van der Waals surface area contributed by atoms with E-state index in [-0.39, 0.29) is 12.6 Å². The standard InChI is InChI=1S/C14H17N3O4/c1-10(11-5-3-2-4-6-11)17-13(20)8-16-14(21)12(19)7-15-9-18/h2-6,9-10H,7-8H2,1H3,(H,15,18)(H,16,21)(H,17,20)/t10-/m1/s1. The molecule has 0 fully saturated rings. The van der Waals surface area contributed by atoms with Crippen molar-refractivity contribution in [1.82, 2.24) is 16.0 Å². The lowest BCUT2D eigenvalue weighted by atomic mass is 10.1. The van der Waals surface area contributed by atoms with Gasteiger partial charge in [0.1, 0.15) is 0 Å². The van der Waals surface area contributed by atoms with Gasteiger partial charge < -0.3 is 16.0 Å². The van der Waals surface area contributed by atoms with Crippen molar-refractivity contribution < 1.29 is 19.2 Å². The molecule has 0 aliphatic heterocycles. The lowest BCUT2D eigenvalue weighted by Crippen LogP contribution is -2.42. The molecule has 0 saturated heterocycles. The quantitative estimate of drug-likeness (QED) is 0.435. The average molecular weight is 291 g/mol. The molecule has 7 nitrogen and oxygen atoms in total. The molecule has 1 atom stereocenters. The van der Waals surface area contributed by atoms with E-state index >= 15 is 0 Å². The lowest BCUT2D eigenvalue weighted by Gasteiger charge is -2.14. The monoisotopic (exact) mass is 291 g/mol.